The minimum atomic E-state index is -3.99. The number of nitrogens with zero attached hydrogens (tertiary/aromatic N) is 5. The molecule has 0 spiro atoms. The molecule has 0 N–H and O–H groups in total. The van der Waals surface area contributed by atoms with Crippen molar-refractivity contribution in [3.05, 3.63) is 71.4 Å². The van der Waals surface area contributed by atoms with Gasteiger partial charge in [0.25, 0.3) is 10.0 Å². The second kappa shape index (κ2) is 7.00. The summed E-state index contributed by atoms with van der Waals surface area (Å²) in [6.07, 6.45) is 1.23. The van der Waals surface area contributed by atoms with Crippen LogP contribution < -0.4 is 0 Å². The Hall–Kier alpha value is -3.77. The van der Waals surface area contributed by atoms with Crippen LogP contribution in [0.1, 0.15) is 16.7 Å². The summed E-state index contributed by atoms with van der Waals surface area (Å²) in [7, 11) is -3.99. The van der Waals surface area contributed by atoms with Crippen molar-refractivity contribution in [2.75, 3.05) is 0 Å². The van der Waals surface area contributed by atoms with Gasteiger partial charge in [0.05, 0.1) is 11.1 Å². The van der Waals surface area contributed by atoms with Gasteiger partial charge in [-0.3, -0.25) is 0 Å². The van der Waals surface area contributed by atoms with Crippen LogP contribution in [-0.4, -0.2) is 28.0 Å². The molecule has 144 valence electrons. The molecule has 0 saturated heterocycles. The van der Waals surface area contributed by atoms with Crippen molar-refractivity contribution in [3.63, 3.8) is 0 Å². The molecule has 0 unspecified atom stereocenters. The van der Waals surface area contributed by atoms with E-state index in [0.717, 1.165) is 5.56 Å². The van der Waals surface area contributed by atoms with E-state index in [1.165, 1.54) is 12.3 Å². The number of aryl methyl sites for hydroxylation is 2. The maximum Gasteiger partial charge on any atom is 0.299 e. The van der Waals surface area contributed by atoms with Gasteiger partial charge in [0.15, 0.2) is 5.69 Å². The molecule has 2 aromatic heterocycles. The number of hydrogen-bond donors (Lipinski definition) is 0. The first-order chi connectivity index (χ1) is 13.9. The topological polar surface area (TPSA) is 115 Å². The van der Waals surface area contributed by atoms with Crippen LogP contribution in [0.3, 0.4) is 0 Å². The standard InChI is InChI=1S/C20H15N5O3S/c1-13-8-9-18(14(2)10-13)29(26,27)25-22-12-17(23-25)20-16(11-21)19(24-28-20)15-6-4-3-5-7-15/h3-10,12H,1-2H3. The molecule has 8 nitrogen and oxygen atoms in total. The molecule has 0 bridgehead atoms. The van der Waals surface area contributed by atoms with Gasteiger partial charge in [0, 0.05) is 5.56 Å². The predicted octanol–water partition coefficient (Wildman–Crippen LogP) is 3.33. The molecule has 0 aliphatic rings. The highest BCUT2D eigenvalue weighted by atomic mass is 32.2. The summed E-state index contributed by atoms with van der Waals surface area (Å²) in [6, 6.07) is 16.1. The van der Waals surface area contributed by atoms with Crippen molar-refractivity contribution in [2.45, 2.75) is 18.7 Å². The molecule has 4 aromatic rings. The number of nitriles is 1. The van der Waals surface area contributed by atoms with Crippen molar-refractivity contribution >= 4 is 10.0 Å². The molecular formula is C20H15N5O3S. The Morgan fingerprint density at radius 2 is 1.86 bits per heavy atom. The summed E-state index contributed by atoms with van der Waals surface area (Å²) in [4.78, 5) is 0.105. The first-order valence-electron chi connectivity index (χ1n) is 8.62. The molecule has 0 fully saturated rings. The molecular weight excluding hydrogens is 390 g/mol. The summed E-state index contributed by atoms with van der Waals surface area (Å²) in [5.41, 5.74) is 2.86. The van der Waals surface area contributed by atoms with Gasteiger partial charge in [0.2, 0.25) is 5.76 Å². The van der Waals surface area contributed by atoms with E-state index in [1.54, 1.807) is 31.2 Å². The zero-order valence-corrected chi connectivity index (χ0v) is 16.4. The van der Waals surface area contributed by atoms with E-state index in [9.17, 15) is 13.7 Å². The van der Waals surface area contributed by atoms with Crippen LogP contribution in [0.4, 0.5) is 0 Å². The van der Waals surface area contributed by atoms with E-state index in [-0.39, 0.29) is 21.9 Å². The Balaban J connectivity index is 1.77. The predicted molar refractivity (Wildman–Crippen MR) is 104 cm³/mol. The minimum Gasteiger partial charge on any atom is -0.352 e. The monoisotopic (exact) mass is 405 g/mol. The maximum atomic E-state index is 12.9. The fourth-order valence-corrected chi connectivity index (χ4v) is 4.25. The summed E-state index contributed by atoms with van der Waals surface area (Å²) >= 11 is 0. The third-order valence-corrected chi connectivity index (χ3v) is 6.00. The quantitative estimate of drug-likeness (QED) is 0.511. The molecule has 29 heavy (non-hydrogen) atoms. The highest BCUT2D eigenvalue weighted by molar-refractivity contribution is 7.89. The molecule has 9 heteroatoms. The van der Waals surface area contributed by atoms with Gasteiger partial charge in [-0.2, -0.15) is 13.7 Å². The molecule has 0 aliphatic heterocycles. The molecule has 0 amide bonds. The van der Waals surface area contributed by atoms with E-state index in [2.05, 4.69) is 21.4 Å². The fourth-order valence-electron chi connectivity index (χ4n) is 3.01. The fraction of sp³-hybridized carbons (Fsp3) is 0.100. The molecule has 2 heterocycles. The summed E-state index contributed by atoms with van der Waals surface area (Å²) < 4.78 is 31.8. The Labute approximate surface area is 167 Å². The first-order valence-corrected chi connectivity index (χ1v) is 10.1. The number of aromatic nitrogens is 4. The highest BCUT2D eigenvalue weighted by Crippen LogP contribution is 2.30. The summed E-state index contributed by atoms with van der Waals surface area (Å²) in [5.74, 6) is 0.0634. The Morgan fingerprint density at radius 1 is 1.10 bits per heavy atom. The van der Waals surface area contributed by atoms with Gasteiger partial charge in [-0.05, 0) is 25.5 Å². The Bertz CT molecular complexity index is 1350. The van der Waals surface area contributed by atoms with Gasteiger partial charge in [-0.1, -0.05) is 57.4 Å². The van der Waals surface area contributed by atoms with Gasteiger partial charge in [0.1, 0.15) is 17.3 Å². The van der Waals surface area contributed by atoms with Crippen LogP contribution in [0.25, 0.3) is 22.7 Å². The van der Waals surface area contributed by atoms with E-state index < -0.39 is 10.0 Å². The average molecular weight is 405 g/mol. The largest absolute Gasteiger partial charge is 0.352 e. The molecule has 0 atom stereocenters. The average Bonchev–Trinajstić information content (AvgIpc) is 3.35. The minimum absolute atomic E-state index is 0.0634. The normalized spacial score (nSPS) is 11.3. The molecule has 4 rings (SSSR count). The van der Waals surface area contributed by atoms with Crippen LogP contribution >= 0.6 is 0 Å². The van der Waals surface area contributed by atoms with Gasteiger partial charge in [-0.25, -0.2) is 0 Å². The third-order valence-electron chi connectivity index (χ3n) is 4.38. The van der Waals surface area contributed by atoms with Gasteiger partial charge < -0.3 is 4.52 Å². The van der Waals surface area contributed by atoms with E-state index in [1.807, 2.05) is 25.1 Å². The van der Waals surface area contributed by atoms with Crippen molar-refractivity contribution in [1.82, 2.24) is 19.6 Å². The lowest BCUT2D eigenvalue weighted by Gasteiger charge is -2.06. The number of benzene rings is 2. The van der Waals surface area contributed by atoms with E-state index >= 15 is 0 Å². The number of rotatable bonds is 4. The van der Waals surface area contributed by atoms with Gasteiger partial charge >= 0.3 is 0 Å². The third kappa shape index (κ3) is 3.19. The second-order valence-corrected chi connectivity index (χ2v) is 8.16. The summed E-state index contributed by atoms with van der Waals surface area (Å²) in [6.45, 7) is 3.59. The second-order valence-electron chi connectivity index (χ2n) is 6.44. The number of hydrogen-bond acceptors (Lipinski definition) is 7. The van der Waals surface area contributed by atoms with Crippen molar-refractivity contribution in [1.29, 1.82) is 5.26 Å². The molecule has 0 saturated carbocycles. The smallest absolute Gasteiger partial charge is 0.299 e. The van der Waals surface area contributed by atoms with Crippen LogP contribution in [0.2, 0.25) is 0 Å². The lowest BCUT2D eigenvalue weighted by molar-refractivity contribution is 0.433. The Morgan fingerprint density at radius 3 is 2.55 bits per heavy atom. The van der Waals surface area contributed by atoms with Crippen LogP contribution in [0, 0.1) is 25.2 Å². The van der Waals surface area contributed by atoms with Crippen LogP contribution in [-0.2, 0) is 10.0 Å². The lowest BCUT2D eigenvalue weighted by Crippen LogP contribution is -2.17. The molecule has 0 aliphatic carbocycles. The van der Waals surface area contributed by atoms with Gasteiger partial charge in [-0.15, -0.1) is 10.2 Å². The highest BCUT2D eigenvalue weighted by Gasteiger charge is 2.26. The van der Waals surface area contributed by atoms with Crippen molar-refractivity contribution in [3.8, 4) is 28.8 Å². The lowest BCUT2D eigenvalue weighted by atomic mass is 10.1. The SMILES string of the molecule is Cc1ccc(S(=O)(=O)n2ncc(-c3onc(-c4ccccc4)c3C#N)n2)c(C)c1. The van der Waals surface area contributed by atoms with E-state index in [0.29, 0.717) is 21.0 Å². The first kappa shape index (κ1) is 18.6. The van der Waals surface area contributed by atoms with Crippen LogP contribution in [0.5, 0.6) is 0 Å². The van der Waals surface area contributed by atoms with E-state index in [4.69, 9.17) is 4.52 Å². The molecule has 2 aromatic carbocycles. The zero-order valence-electron chi connectivity index (χ0n) is 15.6. The van der Waals surface area contributed by atoms with Crippen molar-refractivity contribution < 1.29 is 12.9 Å². The maximum absolute atomic E-state index is 12.9. The Kier molecular flexibility index (Phi) is 4.48. The van der Waals surface area contributed by atoms with Crippen LogP contribution in [0.15, 0.2) is 64.1 Å². The summed E-state index contributed by atoms with van der Waals surface area (Å²) in [5, 5.41) is 21.5. The molecule has 0 radical (unpaired) electrons. The van der Waals surface area contributed by atoms with Crippen molar-refractivity contribution in [2.24, 2.45) is 0 Å². The zero-order chi connectivity index (χ0) is 20.6.